The highest BCUT2D eigenvalue weighted by atomic mass is 19.1. The number of hydrogen-bond donors (Lipinski definition) is 1. The summed E-state index contributed by atoms with van der Waals surface area (Å²) in [5.41, 5.74) is 1.49. The predicted molar refractivity (Wildman–Crippen MR) is 129 cm³/mol. The van der Waals surface area contributed by atoms with Crippen LogP contribution in [0.4, 0.5) is 10.2 Å². The number of carbonyl (C=O) groups excluding carboxylic acids is 2. The molecule has 1 saturated carbocycles. The summed E-state index contributed by atoms with van der Waals surface area (Å²) in [5, 5.41) is 16.7. The van der Waals surface area contributed by atoms with Gasteiger partial charge in [-0.3, -0.25) is 19.2 Å². The molecule has 1 aliphatic carbocycles. The SMILES string of the molecule is Cc1cc(N2C(=O)[C@](C#N)(C3CC3)C[C@@H]2C)nc(C(=O)NCc2cc(F)cc(-c3cnn(C)c3)c2)n1. The second-order valence-electron chi connectivity index (χ2n) is 9.71. The third-order valence-corrected chi connectivity index (χ3v) is 6.87. The number of amides is 2. The van der Waals surface area contributed by atoms with E-state index in [0.29, 0.717) is 29.1 Å². The van der Waals surface area contributed by atoms with E-state index in [1.54, 1.807) is 43.2 Å². The lowest BCUT2D eigenvalue weighted by molar-refractivity contribution is -0.123. The lowest BCUT2D eigenvalue weighted by Crippen LogP contribution is -2.38. The summed E-state index contributed by atoms with van der Waals surface area (Å²) in [6, 6.07) is 8.26. The van der Waals surface area contributed by atoms with Gasteiger partial charge in [-0.25, -0.2) is 14.4 Å². The zero-order valence-corrected chi connectivity index (χ0v) is 20.3. The van der Waals surface area contributed by atoms with E-state index in [1.807, 2.05) is 6.92 Å². The number of carbonyl (C=O) groups is 2. The van der Waals surface area contributed by atoms with Crippen molar-refractivity contribution in [2.45, 2.75) is 45.7 Å². The topological polar surface area (TPSA) is 117 Å². The Morgan fingerprint density at radius 2 is 2.03 bits per heavy atom. The van der Waals surface area contributed by atoms with Crippen molar-refractivity contribution in [3.05, 3.63) is 59.6 Å². The highest BCUT2D eigenvalue weighted by molar-refractivity contribution is 6.02. The molecule has 184 valence electrons. The first-order valence-corrected chi connectivity index (χ1v) is 11.9. The van der Waals surface area contributed by atoms with Crippen LogP contribution in [0, 0.1) is 35.4 Å². The molecule has 2 amide bonds. The molecule has 1 N–H and O–H groups in total. The van der Waals surface area contributed by atoms with Crippen molar-refractivity contribution < 1.29 is 14.0 Å². The zero-order chi connectivity index (χ0) is 25.6. The lowest BCUT2D eigenvalue weighted by Gasteiger charge is -2.22. The van der Waals surface area contributed by atoms with Gasteiger partial charge >= 0.3 is 0 Å². The molecule has 1 aromatic carbocycles. The van der Waals surface area contributed by atoms with Gasteiger partial charge in [0.1, 0.15) is 17.1 Å². The summed E-state index contributed by atoms with van der Waals surface area (Å²) in [6.07, 6.45) is 5.61. The zero-order valence-electron chi connectivity index (χ0n) is 20.3. The number of anilines is 1. The van der Waals surface area contributed by atoms with Gasteiger partial charge < -0.3 is 5.32 Å². The number of halogens is 1. The van der Waals surface area contributed by atoms with Gasteiger partial charge in [0.25, 0.3) is 5.91 Å². The fourth-order valence-electron chi connectivity index (χ4n) is 5.02. The minimum absolute atomic E-state index is 0.0642. The third-order valence-electron chi connectivity index (χ3n) is 6.87. The molecule has 0 radical (unpaired) electrons. The number of aromatic nitrogens is 4. The maximum atomic E-state index is 14.2. The van der Waals surface area contributed by atoms with Crippen molar-refractivity contribution >= 4 is 17.6 Å². The van der Waals surface area contributed by atoms with E-state index in [-0.39, 0.29) is 30.2 Å². The molecule has 2 aliphatic rings. The molecule has 5 rings (SSSR count). The second kappa shape index (κ2) is 8.82. The number of rotatable bonds is 6. The minimum atomic E-state index is -1.02. The average molecular weight is 488 g/mol. The number of aryl methyl sites for hydroxylation is 2. The van der Waals surface area contributed by atoms with E-state index in [0.717, 1.165) is 18.4 Å². The largest absolute Gasteiger partial charge is 0.345 e. The number of nitrogens with zero attached hydrogens (tertiary/aromatic N) is 6. The molecule has 9 nitrogen and oxygen atoms in total. The molecule has 2 atom stereocenters. The molecule has 1 aliphatic heterocycles. The summed E-state index contributed by atoms with van der Waals surface area (Å²) in [7, 11) is 1.78. The van der Waals surface area contributed by atoms with E-state index in [1.165, 1.54) is 17.0 Å². The molecule has 0 spiro atoms. The van der Waals surface area contributed by atoms with Crippen LogP contribution < -0.4 is 10.2 Å². The molecule has 2 fully saturated rings. The smallest absolute Gasteiger partial charge is 0.289 e. The molecule has 2 aromatic heterocycles. The van der Waals surface area contributed by atoms with E-state index in [4.69, 9.17) is 0 Å². The number of hydrogen-bond acceptors (Lipinski definition) is 6. The van der Waals surface area contributed by atoms with Crippen molar-refractivity contribution in [1.29, 1.82) is 5.26 Å². The normalized spacial score (nSPS) is 21.5. The van der Waals surface area contributed by atoms with Crippen LogP contribution in [-0.2, 0) is 18.4 Å². The summed E-state index contributed by atoms with van der Waals surface area (Å²) in [6.45, 7) is 3.67. The minimum Gasteiger partial charge on any atom is -0.345 e. The Kier molecular flexibility index (Phi) is 5.79. The van der Waals surface area contributed by atoms with Gasteiger partial charge in [0.05, 0.1) is 12.3 Å². The van der Waals surface area contributed by atoms with Crippen molar-refractivity contribution in [1.82, 2.24) is 25.1 Å². The van der Waals surface area contributed by atoms with E-state index in [9.17, 15) is 19.2 Å². The third kappa shape index (κ3) is 4.21. The van der Waals surface area contributed by atoms with E-state index in [2.05, 4.69) is 26.5 Å². The Balaban J connectivity index is 1.35. The maximum Gasteiger partial charge on any atom is 0.289 e. The standard InChI is InChI=1S/C26H26FN7O2/c1-15-6-22(34-16(2)10-26(14-28,25(34)36)20-4-5-20)32-23(31-15)24(35)29-11-17-7-18(9-21(27)8-17)19-12-30-33(3)13-19/h6-9,12-13,16,20H,4-5,10-11H2,1-3H3,(H,29,35)/t16-,26+/m0/s1. The van der Waals surface area contributed by atoms with Crippen LogP contribution in [0.25, 0.3) is 11.1 Å². The van der Waals surface area contributed by atoms with Crippen LogP contribution in [0.2, 0.25) is 0 Å². The fourth-order valence-corrected chi connectivity index (χ4v) is 5.02. The van der Waals surface area contributed by atoms with Crippen LogP contribution >= 0.6 is 0 Å². The van der Waals surface area contributed by atoms with E-state index >= 15 is 0 Å². The molecule has 3 heterocycles. The first-order chi connectivity index (χ1) is 17.2. The van der Waals surface area contributed by atoms with Crippen LogP contribution in [0.5, 0.6) is 0 Å². The Hall–Kier alpha value is -4.13. The van der Waals surface area contributed by atoms with Crippen LogP contribution in [-0.4, -0.2) is 37.6 Å². The van der Waals surface area contributed by atoms with Crippen molar-refractivity contribution in [2.75, 3.05) is 4.90 Å². The first-order valence-electron chi connectivity index (χ1n) is 11.9. The maximum absolute atomic E-state index is 14.2. The first kappa shape index (κ1) is 23.6. The van der Waals surface area contributed by atoms with Crippen LogP contribution in [0.1, 0.15) is 48.1 Å². The van der Waals surface area contributed by atoms with Gasteiger partial charge in [0.2, 0.25) is 11.7 Å². The average Bonchev–Trinajstić information content (AvgIpc) is 3.54. The lowest BCUT2D eigenvalue weighted by atomic mass is 9.81. The van der Waals surface area contributed by atoms with Crippen molar-refractivity contribution in [2.24, 2.45) is 18.4 Å². The monoisotopic (exact) mass is 487 g/mol. The number of nitriles is 1. The summed E-state index contributed by atoms with van der Waals surface area (Å²) < 4.78 is 15.9. The summed E-state index contributed by atoms with van der Waals surface area (Å²) >= 11 is 0. The van der Waals surface area contributed by atoms with Gasteiger partial charge in [-0.2, -0.15) is 10.4 Å². The summed E-state index contributed by atoms with van der Waals surface area (Å²) in [4.78, 5) is 36.4. The second-order valence-corrected chi connectivity index (χ2v) is 9.71. The van der Waals surface area contributed by atoms with E-state index < -0.39 is 17.1 Å². The quantitative estimate of drug-likeness (QED) is 0.570. The van der Waals surface area contributed by atoms with Crippen molar-refractivity contribution in [3.8, 4) is 17.2 Å². The van der Waals surface area contributed by atoms with Crippen LogP contribution in [0.3, 0.4) is 0 Å². The number of benzene rings is 1. The highest BCUT2D eigenvalue weighted by Gasteiger charge is 2.59. The number of nitrogens with one attached hydrogen (secondary N) is 1. The fraction of sp³-hybridized carbons (Fsp3) is 0.385. The molecular weight excluding hydrogens is 461 g/mol. The van der Waals surface area contributed by atoms with Crippen molar-refractivity contribution in [3.63, 3.8) is 0 Å². The molecule has 3 aromatic rings. The molecule has 0 bridgehead atoms. The Bertz CT molecular complexity index is 1410. The Morgan fingerprint density at radius 1 is 1.25 bits per heavy atom. The van der Waals surface area contributed by atoms with Gasteiger partial charge in [0, 0.05) is 43.2 Å². The van der Waals surface area contributed by atoms with Gasteiger partial charge in [-0.1, -0.05) is 0 Å². The van der Waals surface area contributed by atoms with Gasteiger partial charge in [-0.05, 0) is 68.4 Å². The molecule has 10 heteroatoms. The van der Waals surface area contributed by atoms with Gasteiger partial charge in [0.15, 0.2) is 0 Å². The van der Waals surface area contributed by atoms with Crippen LogP contribution in [0.15, 0.2) is 36.7 Å². The predicted octanol–water partition coefficient (Wildman–Crippen LogP) is 3.30. The highest BCUT2D eigenvalue weighted by Crippen LogP contribution is 2.53. The molecule has 36 heavy (non-hydrogen) atoms. The Labute approximate surface area is 208 Å². The molecule has 0 unspecified atom stereocenters. The molecule has 1 saturated heterocycles. The Morgan fingerprint density at radius 3 is 2.69 bits per heavy atom. The summed E-state index contributed by atoms with van der Waals surface area (Å²) in [5.74, 6) is -0.918. The van der Waals surface area contributed by atoms with Gasteiger partial charge in [-0.15, -0.1) is 0 Å². The molecular formula is C26H26FN7O2.